The van der Waals surface area contributed by atoms with E-state index in [2.05, 4.69) is 10.3 Å². The number of carbonyl (C=O) groups is 1. The molecule has 1 fully saturated rings. The molecule has 0 aliphatic heterocycles. The summed E-state index contributed by atoms with van der Waals surface area (Å²) in [4.78, 5) is 29.1. The number of ether oxygens (including phenoxy) is 2. The molecule has 1 amide bonds. The van der Waals surface area contributed by atoms with E-state index in [1.54, 1.807) is 37.7 Å². The number of benzene rings is 1. The predicted molar refractivity (Wildman–Crippen MR) is 102 cm³/mol. The maximum Gasteiger partial charge on any atom is 0.255 e. The third-order valence-corrected chi connectivity index (χ3v) is 4.97. The van der Waals surface area contributed by atoms with Crippen LogP contribution in [-0.4, -0.2) is 36.2 Å². The van der Waals surface area contributed by atoms with Gasteiger partial charge in [-0.15, -0.1) is 0 Å². The first-order valence-electron chi connectivity index (χ1n) is 9.19. The van der Waals surface area contributed by atoms with Crippen LogP contribution in [-0.2, 0) is 6.54 Å². The van der Waals surface area contributed by atoms with E-state index in [9.17, 15) is 9.59 Å². The van der Waals surface area contributed by atoms with Gasteiger partial charge in [0, 0.05) is 31.1 Å². The molecule has 2 aromatic rings. The Bertz CT molecular complexity index is 857. The molecule has 1 saturated carbocycles. The quantitative estimate of drug-likeness (QED) is 0.808. The maximum atomic E-state index is 12.4. The van der Waals surface area contributed by atoms with Crippen molar-refractivity contribution in [2.45, 2.75) is 38.1 Å². The lowest BCUT2D eigenvalue weighted by Crippen LogP contribution is -2.31. The second-order valence-electron chi connectivity index (χ2n) is 6.65. The largest absolute Gasteiger partial charge is 0.497 e. The van der Waals surface area contributed by atoms with Gasteiger partial charge in [0.1, 0.15) is 11.5 Å². The predicted octanol–water partition coefficient (Wildman–Crippen LogP) is 2.35. The molecule has 1 aromatic carbocycles. The molecule has 0 unspecified atom stereocenters. The van der Waals surface area contributed by atoms with Crippen LogP contribution >= 0.6 is 0 Å². The highest BCUT2D eigenvalue weighted by atomic mass is 16.5. The molecule has 7 nitrogen and oxygen atoms in total. The van der Waals surface area contributed by atoms with Crippen molar-refractivity contribution in [2.24, 2.45) is 0 Å². The van der Waals surface area contributed by atoms with Gasteiger partial charge in [0.2, 0.25) is 0 Å². The average Bonchev–Trinajstić information content (AvgIpc) is 3.23. The zero-order chi connectivity index (χ0) is 19.2. The standard InChI is InChI=1S/C20H25N3O4/c1-26-15-7-8-16(18(11-15)27-2)20(25)21-9-10-23-13-22-17(12-19(23)24)14-5-3-4-6-14/h7-8,11-14H,3-6,9-10H2,1-2H3,(H,21,25). The van der Waals surface area contributed by atoms with Gasteiger partial charge >= 0.3 is 0 Å². The molecule has 1 aliphatic carbocycles. The molecule has 0 atom stereocenters. The second kappa shape index (κ2) is 8.70. The fourth-order valence-electron chi connectivity index (χ4n) is 3.42. The fraction of sp³-hybridized carbons (Fsp3) is 0.450. The van der Waals surface area contributed by atoms with E-state index in [1.165, 1.54) is 24.5 Å². The first-order chi connectivity index (χ1) is 13.1. The van der Waals surface area contributed by atoms with Crippen LogP contribution in [0.3, 0.4) is 0 Å². The van der Waals surface area contributed by atoms with Gasteiger partial charge in [0.05, 0.1) is 31.8 Å². The van der Waals surface area contributed by atoms with E-state index in [1.807, 2.05) is 0 Å². The minimum absolute atomic E-state index is 0.0804. The smallest absolute Gasteiger partial charge is 0.255 e. The lowest BCUT2D eigenvalue weighted by molar-refractivity contribution is 0.0949. The second-order valence-corrected chi connectivity index (χ2v) is 6.65. The van der Waals surface area contributed by atoms with E-state index >= 15 is 0 Å². The molecule has 1 aromatic heterocycles. The maximum absolute atomic E-state index is 12.4. The van der Waals surface area contributed by atoms with Crippen molar-refractivity contribution in [1.29, 1.82) is 0 Å². The zero-order valence-electron chi connectivity index (χ0n) is 15.7. The number of nitrogens with zero attached hydrogens (tertiary/aromatic N) is 2. The molecule has 1 N–H and O–H groups in total. The van der Waals surface area contributed by atoms with Gasteiger partial charge in [-0.2, -0.15) is 0 Å². The summed E-state index contributed by atoms with van der Waals surface area (Å²) in [7, 11) is 3.06. The monoisotopic (exact) mass is 371 g/mol. The van der Waals surface area contributed by atoms with Crippen molar-refractivity contribution >= 4 is 5.91 Å². The summed E-state index contributed by atoms with van der Waals surface area (Å²) in [6.07, 6.45) is 6.20. The molecule has 1 heterocycles. The van der Waals surface area contributed by atoms with E-state index in [0.717, 1.165) is 18.5 Å². The van der Waals surface area contributed by atoms with Crippen LogP contribution in [0.25, 0.3) is 0 Å². The van der Waals surface area contributed by atoms with Gasteiger partial charge in [-0.1, -0.05) is 12.8 Å². The van der Waals surface area contributed by atoms with E-state index in [4.69, 9.17) is 9.47 Å². The Morgan fingerprint density at radius 2 is 2.00 bits per heavy atom. The summed E-state index contributed by atoms with van der Waals surface area (Å²) < 4.78 is 11.9. The fourth-order valence-corrected chi connectivity index (χ4v) is 3.42. The number of methoxy groups -OCH3 is 2. The minimum Gasteiger partial charge on any atom is -0.497 e. The Kier molecular flexibility index (Phi) is 6.11. The highest BCUT2D eigenvalue weighted by Gasteiger charge is 2.19. The number of rotatable bonds is 7. The van der Waals surface area contributed by atoms with E-state index in [-0.39, 0.29) is 11.5 Å². The van der Waals surface area contributed by atoms with Crippen LogP contribution in [0.2, 0.25) is 0 Å². The number of carbonyl (C=O) groups excluding carboxylic acids is 1. The Morgan fingerprint density at radius 3 is 2.67 bits per heavy atom. The number of nitrogens with one attached hydrogen (secondary N) is 1. The van der Waals surface area contributed by atoms with Gasteiger partial charge < -0.3 is 14.8 Å². The third kappa shape index (κ3) is 4.48. The molecule has 0 spiro atoms. The lowest BCUT2D eigenvalue weighted by atomic mass is 10.0. The first kappa shape index (κ1) is 18.9. The molecule has 27 heavy (non-hydrogen) atoms. The summed E-state index contributed by atoms with van der Waals surface area (Å²) in [5.41, 5.74) is 1.23. The SMILES string of the molecule is COc1ccc(C(=O)NCCn2cnc(C3CCCC3)cc2=O)c(OC)c1. The van der Waals surface area contributed by atoms with Gasteiger partial charge in [-0.3, -0.25) is 14.2 Å². The molecule has 7 heteroatoms. The van der Waals surface area contributed by atoms with Gasteiger partial charge in [-0.25, -0.2) is 4.98 Å². The van der Waals surface area contributed by atoms with Crippen LogP contribution < -0.4 is 20.3 Å². The van der Waals surface area contributed by atoms with Crippen molar-refractivity contribution in [1.82, 2.24) is 14.9 Å². The Balaban J connectivity index is 1.59. The molecule has 3 rings (SSSR count). The van der Waals surface area contributed by atoms with E-state index in [0.29, 0.717) is 36.1 Å². The Morgan fingerprint density at radius 1 is 1.22 bits per heavy atom. The summed E-state index contributed by atoms with van der Waals surface area (Å²) in [6, 6.07) is 6.64. The van der Waals surface area contributed by atoms with Crippen LogP contribution in [0.5, 0.6) is 11.5 Å². The Hall–Kier alpha value is -2.83. The van der Waals surface area contributed by atoms with Crippen molar-refractivity contribution in [3.8, 4) is 11.5 Å². The van der Waals surface area contributed by atoms with Crippen LogP contribution in [0.1, 0.15) is 47.7 Å². The lowest BCUT2D eigenvalue weighted by Gasteiger charge is -2.12. The summed E-state index contributed by atoms with van der Waals surface area (Å²) in [6.45, 7) is 0.680. The van der Waals surface area contributed by atoms with Crippen molar-refractivity contribution in [3.63, 3.8) is 0 Å². The van der Waals surface area contributed by atoms with Gasteiger partial charge in [-0.05, 0) is 25.0 Å². The molecule has 0 radical (unpaired) electrons. The summed E-state index contributed by atoms with van der Waals surface area (Å²) in [5.74, 6) is 1.20. The van der Waals surface area contributed by atoms with Crippen molar-refractivity contribution in [3.05, 3.63) is 52.2 Å². The van der Waals surface area contributed by atoms with Crippen LogP contribution in [0.15, 0.2) is 35.4 Å². The molecule has 0 saturated heterocycles. The number of hydrogen-bond acceptors (Lipinski definition) is 5. The minimum atomic E-state index is -0.266. The van der Waals surface area contributed by atoms with Crippen molar-refractivity contribution in [2.75, 3.05) is 20.8 Å². The number of aromatic nitrogens is 2. The Labute approximate surface area is 158 Å². The first-order valence-corrected chi connectivity index (χ1v) is 9.19. The summed E-state index contributed by atoms with van der Waals surface area (Å²) >= 11 is 0. The van der Waals surface area contributed by atoms with Gasteiger partial charge in [0.25, 0.3) is 11.5 Å². The average molecular weight is 371 g/mol. The van der Waals surface area contributed by atoms with Crippen molar-refractivity contribution < 1.29 is 14.3 Å². The molecule has 1 aliphatic rings. The third-order valence-electron chi connectivity index (χ3n) is 4.97. The molecule has 0 bridgehead atoms. The van der Waals surface area contributed by atoms with Gasteiger partial charge in [0.15, 0.2) is 0 Å². The normalized spacial score (nSPS) is 14.1. The number of amides is 1. The molecular weight excluding hydrogens is 346 g/mol. The zero-order valence-corrected chi connectivity index (χ0v) is 15.7. The van der Waals surface area contributed by atoms with E-state index < -0.39 is 0 Å². The molecular formula is C20H25N3O4. The highest BCUT2D eigenvalue weighted by molar-refractivity contribution is 5.97. The molecule has 144 valence electrons. The summed E-state index contributed by atoms with van der Waals surface area (Å²) in [5, 5.41) is 2.81. The number of hydrogen-bond donors (Lipinski definition) is 1. The van der Waals surface area contributed by atoms with Crippen LogP contribution in [0, 0.1) is 0 Å². The topological polar surface area (TPSA) is 82.5 Å². The van der Waals surface area contributed by atoms with Crippen LogP contribution in [0.4, 0.5) is 0 Å². The highest BCUT2D eigenvalue weighted by Crippen LogP contribution is 2.32.